The Balaban J connectivity index is 2.06. The van der Waals surface area contributed by atoms with Crippen molar-refractivity contribution in [3.05, 3.63) is 74.8 Å². The van der Waals surface area contributed by atoms with E-state index in [0.717, 1.165) is 31.5 Å². The molecular formula is C28H35N3O6. The van der Waals surface area contributed by atoms with E-state index in [4.69, 9.17) is 4.74 Å². The van der Waals surface area contributed by atoms with E-state index in [9.17, 15) is 24.8 Å². The van der Waals surface area contributed by atoms with E-state index >= 15 is 0 Å². The van der Waals surface area contributed by atoms with Crippen molar-refractivity contribution in [3.8, 4) is 5.75 Å². The maximum Gasteiger partial charge on any atom is 0.295 e. The molecule has 1 N–H and O–H groups in total. The number of ether oxygens (including phenoxy) is 1. The van der Waals surface area contributed by atoms with E-state index in [1.807, 2.05) is 20.8 Å². The average Bonchev–Trinajstić information content (AvgIpc) is 3.15. The van der Waals surface area contributed by atoms with Gasteiger partial charge in [-0.2, -0.15) is 0 Å². The maximum atomic E-state index is 13.2. The third-order valence-corrected chi connectivity index (χ3v) is 6.71. The molecule has 2 aromatic rings. The third-order valence-electron chi connectivity index (χ3n) is 6.71. The summed E-state index contributed by atoms with van der Waals surface area (Å²) >= 11 is 0. The maximum absolute atomic E-state index is 13.2. The van der Waals surface area contributed by atoms with Crippen molar-refractivity contribution in [2.75, 3.05) is 32.8 Å². The Morgan fingerprint density at radius 1 is 1.11 bits per heavy atom. The summed E-state index contributed by atoms with van der Waals surface area (Å²) in [7, 11) is 0. The van der Waals surface area contributed by atoms with Gasteiger partial charge in [-0.15, -0.1) is 0 Å². The van der Waals surface area contributed by atoms with E-state index in [-0.39, 0.29) is 23.6 Å². The number of hydrogen-bond acceptors (Lipinski definition) is 7. The molecule has 1 atom stereocenters. The molecule has 0 unspecified atom stereocenters. The lowest BCUT2D eigenvalue weighted by atomic mass is 9.94. The number of Topliss-reactive ketones (excluding diaryl/α,β-unsaturated/α-hetero) is 1. The van der Waals surface area contributed by atoms with Crippen molar-refractivity contribution in [2.24, 2.45) is 0 Å². The molecule has 1 aliphatic heterocycles. The number of rotatable bonds is 12. The van der Waals surface area contributed by atoms with E-state index < -0.39 is 22.7 Å². The van der Waals surface area contributed by atoms with Crippen molar-refractivity contribution in [3.63, 3.8) is 0 Å². The lowest BCUT2D eigenvalue weighted by molar-refractivity contribution is -0.384. The number of likely N-dealkylation sites (N-methyl/N-ethyl adjacent to an activating group) is 1. The minimum atomic E-state index is -0.864. The zero-order chi connectivity index (χ0) is 27.1. The van der Waals surface area contributed by atoms with Crippen molar-refractivity contribution < 1.29 is 24.4 Å². The van der Waals surface area contributed by atoms with E-state index in [1.54, 1.807) is 18.2 Å². The molecule has 0 saturated carbocycles. The summed E-state index contributed by atoms with van der Waals surface area (Å²) in [5, 5.41) is 22.5. The van der Waals surface area contributed by atoms with Crippen LogP contribution in [0.25, 0.3) is 5.76 Å². The first-order chi connectivity index (χ1) is 17.7. The Bertz CT molecular complexity index is 1170. The number of nitro groups is 1. The largest absolute Gasteiger partial charge is 0.507 e. The van der Waals surface area contributed by atoms with Crippen molar-refractivity contribution in [1.82, 2.24) is 9.80 Å². The van der Waals surface area contributed by atoms with Crippen molar-refractivity contribution >= 4 is 23.1 Å². The van der Waals surface area contributed by atoms with Gasteiger partial charge < -0.3 is 19.6 Å². The Morgan fingerprint density at radius 3 is 2.35 bits per heavy atom. The predicted molar refractivity (Wildman–Crippen MR) is 141 cm³/mol. The second-order valence-electron chi connectivity index (χ2n) is 9.05. The molecule has 1 heterocycles. The zero-order valence-corrected chi connectivity index (χ0v) is 21.9. The highest BCUT2D eigenvalue weighted by atomic mass is 16.6. The quantitative estimate of drug-likeness (QED) is 0.109. The number of likely N-dealkylation sites (tertiary alicyclic amines) is 1. The summed E-state index contributed by atoms with van der Waals surface area (Å²) in [6.45, 7) is 10.9. The van der Waals surface area contributed by atoms with Gasteiger partial charge in [-0.05, 0) is 67.9 Å². The fourth-order valence-corrected chi connectivity index (χ4v) is 4.47. The number of aliphatic hydroxyl groups excluding tert-OH is 1. The Kier molecular flexibility index (Phi) is 9.41. The fraction of sp³-hybridized carbons (Fsp3) is 0.429. The van der Waals surface area contributed by atoms with Crippen LogP contribution in [0.3, 0.4) is 0 Å². The highest BCUT2D eigenvalue weighted by molar-refractivity contribution is 6.46. The molecule has 0 aliphatic carbocycles. The normalized spacial score (nSPS) is 17.0. The minimum absolute atomic E-state index is 0.0301. The first kappa shape index (κ1) is 27.9. The molecule has 3 rings (SSSR count). The number of nitro benzene ring substituents is 1. The SMILES string of the molecule is CCCCOc1ccc(/C(O)=C2\C(=O)C(=O)N(CCN(CC)CC)[C@H]2c2ccc([N+](=O)[O-])cc2)cc1C. The van der Waals surface area contributed by atoms with Crippen LogP contribution in [0.5, 0.6) is 5.75 Å². The lowest BCUT2D eigenvalue weighted by Crippen LogP contribution is -2.38. The fourth-order valence-electron chi connectivity index (χ4n) is 4.47. The number of carbonyl (C=O) groups is 2. The molecule has 0 spiro atoms. The summed E-state index contributed by atoms with van der Waals surface area (Å²) in [5.41, 5.74) is 1.58. The zero-order valence-electron chi connectivity index (χ0n) is 21.9. The molecule has 1 amide bonds. The minimum Gasteiger partial charge on any atom is -0.507 e. The van der Waals surface area contributed by atoms with Gasteiger partial charge in [0, 0.05) is 30.8 Å². The van der Waals surface area contributed by atoms with Gasteiger partial charge in [0.25, 0.3) is 17.4 Å². The van der Waals surface area contributed by atoms with Gasteiger partial charge >= 0.3 is 0 Å². The number of benzene rings is 2. The van der Waals surface area contributed by atoms with Crippen LogP contribution in [0, 0.1) is 17.0 Å². The number of ketones is 1. The number of amides is 1. The van der Waals surface area contributed by atoms with Crippen molar-refractivity contribution in [2.45, 2.75) is 46.6 Å². The Hall–Kier alpha value is -3.72. The van der Waals surface area contributed by atoms with Crippen LogP contribution in [0.15, 0.2) is 48.0 Å². The van der Waals surface area contributed by atoms with Gasteiger partial charge in [-0.1, -0.05) is 27.2 Å². The van der Waals surface area contributed by atoms with Gasteiger partial charge in [0.05, 0.1) is 23.1 Å². The number of hydrogen-bond donors (Lipinski definition) is 1. The summed E-state index contributed by atoms with van der Waals surface area (Å²) in [4.78, 5) is 40.6. The molecule has 2 aromatic carbocycles. The second-order valence-corrected chi connectivity index (χ2v) is 9.05. The monoisotopic (exact) mass is 509 g/mol. The second kappa shape index (κ2) is 12.5. The molecule has 37 heavy (non-hydrogen) atoms. The molecule has 0 radical (unpaired) electrons. The number of unbranched alkanes of at least 4 members (excludes halogenated alkanes) is 1. The topological polar surface area (TPSA) is 113 Å². The number of nitrogens with zero attached hydrogens (tertiary/aromatic N) is 3. The van der Waals surface area contributed by atoms with E-state index in [1.165, 1.54) is 29.2 Å². The molecule has 198 valence electrons. The molecule has 1 aliphatic rings. The molecular weight excluding hydrogens is 474 g/mol. The van der Waals surface area contributed by atoms with Gasteiger partial charge in [-0.25, -0.2) is 0 Å². The van der Waals surface area contributed by atoms with E-state index in [0.29, 0.717) is 30.0 Å². The van der Waals surface area contributed by atoms with Crippen LogP contribution in [0.2, 0.25) is 0 Å². The highest BCUT2D eigenvalue weighted by Crippen LogP contribution is 2.40. The van der Waals surface area contributed by atoms with Gasteiger partial charge in [0.1, 0.15) is 11.5 Å². The number of aryl methyl sites for hydroxylation is 1. The molecule has 9 heteroatoms. The Labute approximate surface area is 217 Å². The van der Waals surface area contributed by atoms with Crippen LogP contribution in [-0.2, 0) is 9.59 Å². The number of carbonyl (C=O) groups excluding carboxylic acids is 2. The highest BCUT2D eigenvalue weighted by Gasteiger charge is 2.46. The standard InChI is InChI=1S/C28H35N3O6/c1-5-8-17-37-23-14-11-21(18-19(23)4)26(32)24-25(20-9-12-22(13-10-20)31(35)36)30(28(34)27(24)33)16-15-29(6-2)7-3/h9-14,18,25,32H,5-8,15-17H2,1-4H3/b26-24+/t25-/m0/s1. The lowest BCUT2D eigenvalue weighted by Gasteiger charge is -2.28. The number of aliphatic hydroxyl groups is 1. The summed E-state index contributed by atoms with van der Waals surface area (Å²) in [5.74, 6) is -1.07. The first-order valence-corrected chi connectivity index (χ1v) is 12.7. The molecule has 9 nitrogen and oxygen atoms in total. The number of non-ortho nitro benzene ring substituents is 1. The van der Waals surface area contributed by atoms with Gasteiger partial charge in [-0.3, -0.25) is 19.7 Å². The molecule has 0 aromatic heterocycles. The average molecular weight is 510 g/mol. The molecule has 0 bridgehead atoms. The van der Waals surface area contributed by atoms with Crippen molar-refractivity contribution in [1.29, 1.82) is 0 Å². The van der Waals surface area contributed by atoms with Crippen LogP contribution in [0.4, 0.5) is 5.69 Å². The van der Waals surface area contributed by atoms with Crippen LogP contribution in [-0.4, -0.2) is 64.3 Å². The van der Waals surface area contributed by atoms with Crippen LogP contribution >= 0.6 is 0 Å². The molecule has 1 saturated heterocycles. The van der Waals surface area contributed by atoms with Gasteiger partial charge in [0.15, 0.2) is 0 Å². The van der Waals surface area contributed by atoms with E-state index in [2.05, 4.69) is 11.8 Å². The van der Waals surface area contributed by atoms with Gasteiger partial charge in [0.2, 0.25) is 0 Å². The Morgan fingerprint density at radius 2 is 1.78 bits per heavy atom. The smallest absolute Gasteiger partial charge is 0.295 e. The first-order valence-electron chi connectivity index (χ1n) is 12.7. The third kappa shape index (κ3) is 6.17. The van der Waals surface area contributed by atoms with Crippen LogP contribution < -0.4 is 4.74 Å². The van der Waals surface area contributed by atoms with Crippen LogP contribution in [0.1, 0.15) is 56.3 Å². The molecule has 1 fully saturated rings. The summed E-state index contributed by atoms with van der Waals surface area (Å²) < 4.78 is 5.80. The predicted octanol–water partition coefficient (Wildman–Crippen LogP) is 4.85. The summed E-state index contributed by atoms with van der Waals surface area (Å²) in [6.07, 6.45) is 1.93. The summed E-state index contributed by atoms with van der Waals surface area (Å²) in [6, 6.07) is 10.0.